The molecule has 20 heavy (non-hydrogen) atoms. The second-order valence-electron chi connectivity index (χ2n) is 4.26. The number of benzene rings is 1. The molecule has 0 aromatic heterocycles. The first kappa shape index (κ1) is 16.3. The van der Waals surface area contributed by atoms with Crippen LogP contribution in [0.25, 0.3) is 5.70 Å². The van der Waals surface area contributed by atoms with Gasteiger partial charge in [-0.05, 0) is 25.5 Å². The summed E-state index contributed by atoms with van der Waals surface area (Å²) in [6, 6.07) is 2.18. The maximum absolute atomic E-state index is 14.0. The van der Waals surface area contributed by atoms with Crippen molar-refractivity contribution in [1.29, 1.82) is 0 Å². The lowest BCUT2D eigenvalue weighted by Crippen LogP contribution is -2.26. The minimum atomic E-state index is -0.903. The van der Waals surface area contributed by atoms with Crippen LogP contribution >= 0.6 is 0 Å². The Morgan fingerprint density at radius 3 is 2.30 bits per heavy atom. The largest absolute Gasteiger partial charge is 0.388 e. The summed E-state index contributed by atoms with van der Waals surface area (Å²) in [4.78, 5) is 12.1. The van der Waals surface area contributed by atoms with Gasteiger partial charge in [-0.3, -0.25) is 4.79 Å². The summed E-state index contributed by atoms with van der Waals surface area (Å²) in [6.45, 7) is 7.39. The number of ether oxygens (including phenoxy) is 1. The van der Waals surface area contributed by atoms with Crippen LogP contribution in [0.4, 0.5) is 8.78 Å². The predicted molar refractivity (Wildman–Crippen MR) is 74.5 cm³/mol. The molecular weight excluding hydrogens is 264 g/mol. The van der Waals surface area contributed by atoms with Crippen molar-refractivity contribution < 1.29 is 18.3 Å². The molecule has 3 nitrogen and oxygen atoms in total. The summed E-state index contributed by atoms with van der Waals surface area (Å²) in [7, 11) is 1.60. The quantitative estimate of drug-likeness (QED) is 0.781. The smallest absolute Gasteiger partial charge is 0.197 e. The van der Waals surface area contributed by atoms with Crippen molar-refractivity contribution in [2.45, 2.75) is 26.4 Å². The van der Waals surface area contributed by atoms with Gasteiger partial charge in [0.2, 0.25) is 0 Å². The van der Waals surface area contributed by atoms with Crippen LogP contribution in [0.5, 0.6) is 0 Å². The Balaban J connectivity index is 3.19. The third-order valence-electron chi connectivity index (χ3n) is 2.97. The Morgan fingerprint density at radius 1 is 1.35 bits per heavy atom. The molecule has 0 amide bonds. The number of Topliss-reactive ketones (excluding diaryl/α,β-unsaturated/α-hetero) is 1. The Hall–Kier alpha value is -1.75. The maximum atomic E-state index is 14.0. The summed E-state index contributed by atoms with van der Waals surface area (Å²) in [6.07, 6.45) is -0.473. The number of hydrogen-bond donors (Lipinski definition) is 1. The Kier molecular flexibility index (Phi) is 5.82. The van der Waals surface area contributed by atoms with E-state index >= 15 is 0 Å². The average molecular weight is 283 g/mol. The lowest BCUT2D eigenvalue weighted by molar-refractivity contribution is 0.0436. The molecule has 0 aliphatic carbocycles. The lowest BCUT2D eigenvalue weighted by Gasteiger charge is -2.15. The highest BCUT2D eigenvalue weighted by Crippen LogP contribution is 2.21. The van der Waals surface area contributed by atoms with Gasteiger partial charge in [-0.1, -0.05) is 13.5 Å². The molecule has 0 fully saturated rings. The maximum Gasteiger partial charge on any atom is 0.197 e. The normalized spacial score (nSPS) is 12.1. The van der Waals surface area contributed by atoms with Gasteiger partial charge in [0.15, 0.2) is 5.78 Å². The number of rotatable bonds is 7. The minimum absolute atomic E-state index is 0.267. The summed E-state index contributed by atoms with van der Waals surface area (Å²) >= 11 is 0. The molecule has 0 bridgehead atoms. The molecule has 0 aliphatic heterocycles. The van der Waals surface area contributed by atoms with Gasteiger partial charge in [0.05, 0.1) is 5.56 Å². The molecule has 5 heteroatoms. The van der Waals surface area contributed by atoms with Gasteiger partial charge < -0.3 is 10.1 Å². The lowest BCUT2D eigenvalue weighted by atomic mass is 10.0. The van der Waals surface area contributed by atoms with Crippen molar-refractivity contribution in [3.63, 3.8) is 0 Å². The van der Waals surface area contributed by atoms with Gasteiger partial charge in [0.25, 0.3) is 0 Å². The van der Waals surface area contributed by atoms with Crippen molar-refractivity contribution in [2.24, 2.45) is 0 Å². The zero-order valence-corrected chi connectivity index (χ0v) is 11.9. The molecule has 110 valence electrons. The summed E-state index contributed by atoms with van der Waals surface area (Å²) in [5, 5.41) is 2.70. The van der Waals surface area contributed by atoms with E-state index in [-0.39, 0.29) is 5.56 Å². The van der Waals surface area contributed by atoms with Gasteiger partial charge in [0.1, 0.15) is 17.7 Å². The summed E-state index contributed by atoms with van der Waals surface area (Å²) in [5.74, 6) is -2.48. The molecule has 0 heterocycles. The van der Waals surface area contributed by atoms with E-state index in [2.05, 4.69) is 11.9 Å². The van der Waals surface area contributed by atoms with E-state index in [4.69, 9.17) is 4.74 Å². The fourth-order valence-electron chi connectivity index (χ4n) is 1.87. The van der Waals surface area contributed by atoms with Gasteiger partial charge in [-0.15, -0.1) is 0 Å². The third-order valence-corrected chi connectivity index (χ3v) is 2.97. The fraction of sp³-hybridized carbons (Fsp3) is 0.400. The Labute approximate surface area is 117 Å². The Bertz CT molecular complexity index is 492. The van der Waals surface area contributed by atoms with Gasteiger partial charge in [-0.25, -0.2) is 8.78 Å². The first-order valence-electron chi connectivity index (χ1n) is 6.48. The zero-order valence-electron chi connectivity index (χ0n) is 11.9. The highest BCUT2D eigenvalue weighted by atomic mass is 19.1. The van der Waals surface area contributed by atoms with Crippen LogP contribution in [0.1, 0.15) is 36.2 Å². The number of carbonyl (C=O) groups is 1. The topological polar surface area (TPSA) is 38.3 Å². The Morgan fingerprint density at radius 2 is 1.90 bits per heavy atom. The van der Waals surface area contributed by atoms with Crippen LogP contribution in [0.15, 0.2) is 18.7 Å². The highest BCUT2D eigenvalue weighted by molar-refractivity contribution is 6.00. The monoisotopic (exact) mass is 283 g/mol. The van der Waals surface area contributed by atoms with Crippen LogP contribution < -0.4 is 5.32 Å². The van der Waals surface area contributed by atoms with Crippen molar-refractivity contribution in [2.75, 3.05) is 13.7 Å². The van der Waals surface area contributed by atoms with E-state index in [0.29, 0.717) is 18.7 Å². The molecule has 1 N–H and O–H groups in total. The van der Waals surface area contributed by atoms with E-state index in [9.17, 15) is 13.6 Å². The fourth-order valence-corrected chi connectivity index (χ4v) is 1.87. The third kappa shape index (κ3) is 3.42. The van der Waals surface area contributed by atoms with Crippen LogP contribution in [0.3, 0.4) is 0 Å². The van der Waals surface area contributed by atoms with Crippen molar-refractivity contribution in [3.8, 4) is 0 Å². The average Bonchev–Trinajstić information content (AvgIpc) is 2.42. The number of halogens is 2. The number of carbonyl (C=O) groups excluding carboxylic acids is 1. The number of ketones is 1. The number of hydrogen-bond acceptors (Lipinski definition) is 3. The highest BCUT2D eigenvalue weighted by Gasteiger charge is 2.26. The second-order valence-corrected chi connectivity index (χ2v) is 4.26. The van der Waals surface area contributed by atoms with Crippen LogP contribution in [-0.2, 0) is 4.74 Å². The summed E-state index contributed by atoms with van der Waals surface area (Å²) in [5.41, 5.74) is 0.0834. The van der Waals surface area contributed by atoms with Crippen molar-refractivity contribution in [1.82, 2.24) is 5.32 Å². The molecule has 1 rings (SSSR count). The molecule has 1 aromatic carbocycles. The standard InChI is InChI=1S/C15H19F2NO2/c1-5-13(20-6-2)15(19)14-11(16)7-10(8-12(14)17)9(3)18-4/h7-8,13,18H,3,5-6H2,1-2,4H3. The van der Waals surface area contributed by atoms with Crippen molar-refractivity contribution in [3.05, 3.63) is 41.5 Å². The molecule has 0 aliphatic rings. The van der Waals surface area contributed by atoms with Crippen LogP contribution in [-0.4, -0.2) is 25.5 Å². The van der Waals surface area contributed by atoms with E-state index in [1.807, 2.05) is 0 Å². The van der Waals surface area contributed by atoms with Crippen LogP contribution in [0, 0.1) is 11.6 Å². The molecular formula is C15H19F2NO2. The SMILES string of the molecule is C=C(NC)c1cc(F)c(C(=O)C(CC)OCC)c(F)c1. The predicted octanol–water partition coefficient (Wildman–Crippen LogP) is 3.15. The molecule has 0 radical (unpaired) electrons. The van der Waals surface area contributed by atoms with Gasteiger partial charge >= 0.3 is 0 Å². The van der Waals surface area contributed by atoms with Gasteiger partial charge in [0, 0.05) is 24.9 Å². The van der Waals surface area contributed by atoms with E-state index in [1.165, 1.54) is 0 Å². The van der Waals surface area contributed by atoms with Crippen molar-refractivity contribution >= 4 is 11.5 Å². The number of nitrogens with one attached hydrogen (secondary N) is 1. The second kappa shape index (κ2) is 7.14. The molecule has 1 atom stereocenters. The van der Waals surface area contributed by atoms with E-state index < -0.39 is 29.1 Å². The summed E-state index contributed by atoms with van der Waals surface area (Å²) < 4.78 is 33.2. The first-order valence-corrected chi connectivity index (χ1v) is 6.48. The molecule has 1 unspecified atom stereocenters. The van der Waals surface area contributed by atoms with Gasteiger partial charge in [-0.2, -0.15) is 0 Å². The molecule has 1 aromatic rings. The van der Waals surface area contributed by atoms with E-state index in [1.54, 1.807) is 20.9 Å². The van der Waals surface area contributed by atoms with E-state index in [0.717, 1.165) is 12.1 Å². The zero-order chi connectivity index (χ0) is 15.3. The molecule has 0 saturated carbocycles. The molecule has 0 spiro atoms. The molecule has 0 saturated heterocycles. The first-order chi connectivity index (χ1) is 9.46. The van der Waals surface area contributed by atoms with Crippen LogP contribution in [0.2, 0.25) is 0 Å². The minimum Gasteiger partial charge on any atom is -0.388 e.